The summed E-state index contributed by atoms with van der Waals surface area (Å²) in [6, 6.07) is 10.3. The first kappa shape index (κ1) is 12.9. The van der Waals surface area contributed by atoms with E-state index < -0.39 is 0 Å². The molecule has 0 saturated carbocycles. The molecule has 4 nitrogen and oxygen atoms in total. The van der Waals surface area contributed by atoms with E-state index in [0.717, 1.165) is 30.1 Å². The summed E-state index contributed by atoms with van der Waals surface area (Å²) in [6.07, 6.45) is 0.928. The third-order valence-electron chi connectivity index (χ3n) is 3.55. The molecule has 0 spiro atoms. The number of nitrogens with one attached hydrogen (secondary N) is 1. The molecule has 1 aliphatic rings. The molecule has 1 aromatic carbocycles. The fourth-order valence-electron chi connectivity index (χ4n) is 2.48. The number of fused-ring (bicyclic) bond motifs is 1. The van der Waals surface area contributed by atoms with E-state index in [1.165, 1.54) is 11.4 Å². The van der Waals surface area contributed by atoms with Crippen molar-refractivity contribution < 1.29 is 9.47 Å². The second kappa shape index (κ2) is 5.49. The Hall–Kier alpha value is -2.10. The van der Waals surface area contributed by atoms with Crippen LogP contribution in [0.25, 0.3) is 0 Å². The van der Waals surface area contributed by atoms with Gasteiger partial charge in [0.15, 0.2) is 11.5 Å². The van der Waals surface area contributed by atoms with E-state index >= 15 is 0 Å². The Morgan fingerprint density at radius 3 is 2.60 bits per heavy atom. The van der Waals surface area contributed by atoms with Crippen LogP contribution in [0.15, 0.2) is 30.3 Å². The van der Waals surface area contributed by atoms with Crippen molar-refractivity contribution >= 4 is 0 Å². The first-order valence-corrected chi connectivity index (χ1v) is 7.02. The lowest BCUT2D eigenvalue weighted by Crippen LogP contribution is -2.17. The van der Waals surface area contributed by atoms with Gasteiger partial charge in [0.05, 0.1) is 19.8 Å². The minimum absolute atomic E-state index is 0.711. The van der Waals surface area contributed by atoms with E-state index in [-0.39, 0.29) is 0 Å². The summed E-state index contributed by atoms with van der Waals surface area (Å²) in [5, 5.41) is 0. The third kappa shape index (κ3) is 2.46. The molecule has 20 heavy (non-hydrogen) atoms. The van der Waals surface area contributed by atoms with Crippen molar-refractivity contribution in [1.29, 1.82) is 0 Å². The minimum atomic E-state index is 0.711. The van der Waals surface area contributed by atoms with Gasteiger partial charge in [-0.1, -0.05) is 12.1 Å². The van der Waals surface area contributed by atoms with Gasteiger partial charge < -0.3 is 14.9 Å². The first-order chi connectivity index (χ1) is 9.75. The van der Waals surface area contributed by atoms with E-state index in [1.807, 2.05) is 12.1 Å². The lowest BCUT2D eigenvalue weighted by molar-refractivity contribution is 0.296. The van der Waals surface area contributed by atoms with Crippen molar-refractivity contribution in [2.45, 2.75) is 26.8 Å². The molecular formula is C16H20N2O2. The normalized spacial score (nSPS) is 13.9. The summed E-state index contributed by atoms with van der Waals surface area (Å²) >= 11 is 0. The molecule has 0 fully saturated rings. The van der Waals surface area contributed by atoms with E-state index in [4.69, 9.17) is 9.47 Å². The largest absolute Gasteiger partial charge is 0.490 e. The molecule has 0 aliphatic carbocycles. The van der Waals surface area contributed by atoms with Crippen LogP contribution in [-0.4, -0.2) is 17.9 Å². The zero-order valence-corrected chi connectivity index (χ0v) is 12.0. The molecule has 0 unspecified atom stereocenters. The van der Waals surface area contributed by atoms with E-state index in [9.17, 15) is 0 Å². The monoisotopic (exact) mass is 272 g/mol. The van der Waals surface area contributed by atoms with Crippen molar-refractivity contribution in [2.24, 2.45) is 0 Å². The SMILES string of the molecule is Cc1ccc(C)n1NCc1cccc2c1OCCCO2. The maximum Gasteiger partial charge on any atom is 0.166 e. The number of benzene rings is 1. The van der Waals surface area contributed by atoms with Crippen LogP contribution in [0.2, 0.25) is 0 Å². The van der Waals surface area contributed by atoms with Crippen molar-refractivity contribution in [1.82, 2.24) is 4.68 Å². The molecule has 0 saturated heterocycles. The smallest absolute Gasteiger partial charge is 0.166 e. The number of hydrogen-bond donors (Lipinski definition) is 1. The van der Waals surface area contributed by atoms with Gasteiger partial charge in [-0.3, -0.25) is 4.68 Å². The second-order valence-electron chi connectivity index (χ2n) is 5.08. The number of aryl methyl sites for hydroxylation is 2. The molecule has 106 valence electrons. The molecular weight excluding hydrogens is 252 g/mol. The second-order valence-corrected chi connectivity index (χ2v) is 5.08. The van der Waals surface area contributed by atoms with Crippen LogP contribution in [0, 0.1) is 13.8 Å². The molecule has 3 rings (SSSR count). The van der Waals surface area contributed by atoms with Crippen LogP contribution < -0.4 is 14.9 Å². The number of hydrogen-bond acceptors (Lipinski definition) is 3. The molecule has 0 amide bonds. The van der Waals surface area contributed by atoms with Crippen molar-refractivity contribution in [2.75, 3.05) is 18.6 Å². The fraction of sp³-hybridized carbons (Fsp3) is 0.375. The Labute approximate surface area is 119 Å². The number of aromatic nitrogens is 1. The average Bonchev–Trinajstić information content (AvgIpc) is 2.68. The van der Waals surface area contributed by atoms with Crippen LogP contribution in [-0.2, 0) is 6.54 Å². The van der Waals surface area contributed by atoms with Gasteiger partial charge >= 0.3 is 0 Å². The van der Waals surface area contributed by atoms with Gasteiger partial charge in [0.1, 0.15) is 0 Å². The van der Waals surface area contributed by atoms with E-state index in [2.05, 4.69) is 42.1 Å². The molecule has 0 bridgehead atoms. The predicted octanol–water partition coefficient (Wildman–Crippen LogP) is 3.01. The Morgan fingerprint density at radius 1 is 1.05 bits per heavy atom. The van der Waals surface area contributed by atoms with Gasteiger partial charge in [-0.05, 0) is 32.0 Å². The number of rotatable bonds is 3. The number of para-hydroxylation sites is 1. The molecule has 1 aromatic heterocycles. The Kier molecular flexibility index (Phi) is 3.54. The topological polar surface area (TPSA) is 35.4 Å². The predicted molar refractivity (Wildman–Crippen MR) is 79.0 cm³/mol. The summed E-state index contributed by atoms with van der Waals surface area (Å²) < 4.78 is 13.6. The van der Waals surface area contributed by atoms with Crippen molar-refractivity contribution in [3.63, 3.8) is 0 Å². The van der Waals surface area contributed by atoms with E-state index in [1.54, 1.807) is 0 Å². The van der Waals surface area contributed by atoms with Gasteiger partial charge in [-0.25, -0.2) is 0 Å². The van der Waals surface area contributed by atoms with Crippen LogP contribution in [0.5, 0.6) is 11.5 Å². The van der Waals surface area contributed by atoms with Crippen molar-refractivity contribution in [3.8, 4) is 11.5 Å². The van der Waals surface area contributed by atoms with Crippen molar-refractivity contribution in [3.05, 3.63) is 47.3 Å². The van der Waals surface area contributed by atoms with Crippen LogP contribution in [0.4, 0.5) is 0 Å². The van der Waals surface area contributed by atoms with Crippen LogP contribution in [0.3, 0.4) is 0 Å². The zero-order valence-electron chi connectivity index (χ0n) is 12.0. The molecule has 1 N–H and O–H groups in total. The Bertz CT molecular complexity index is 585. The lowest BCUT2D eigenvalue weighted by Gasteiger charge is -2.16. The van der Waals surface area contributed by atoms with Crippen LogP contribution >= 0.6 is 0 Å². The molecule has 4 heteroatoms. The minimum Gasteiger partial charge on any atom is -0.490 e. The zero-order chi connectivity index (χ0) is 13.9. The Balaban J connectivity index is 1.81. The third-order valence-corrected chi connectivity index (χ3v) is 3.55. The highest BCUT2D eigenvalue weighted by molar-refractivity contribution is 5.47. The summed E-state index contributed by atoms with van der Waals surface area (Å²) in [7, 11) is 0. The van der Waals surface area contributed by atoms with Gasteiger partial charge in [0, 0.05) is 23.4 Å². The lowest BCUT2D eigenvalue weighted by atomic mass is 10.2. The first-order valence-electron chi connectivity index (χ1n) is 7.02. The molecule has 2 heterocycles. The summed E-state index contributed by atoms with van der Waals surface area (Å²) in [4.78, 5) is 0. The molecule has 1 aliphatic heterocycles. The summed E-state index contributed by atoms with van der Waals surface area (Å²) in [5.74, 6) is 1.72. The van der Waals surface area contributed by atoms with Gasteiger partial charge in [0.2, 0.25) is 0 Å². The maximum absolute atomic E-state index is 5.84. The number of nitrogens with zero attached hydrogens (tertiary/aromatic N) is 1. The highest BCUT2D eigenvalue weighted by Gasteiger charge is 2.14. The Morgan fingerprint density at radius 2 is 1.80 bits per heavy atom. The van der Waals surface area contributed by atoms with Gasteiger partial charge in [-0.15, -0.1) is 0 Å². The maximum atomic E-state index is 5.84. The quantitative estimate of drug-likeness (QED) is 0.933. The average molecular weight is 272 g/mol. The highest BCUT2D eigenvalue weighted by atomic mass is 16.5. The van der Waals surface area contributed by atoms with Crippen LogP contribution in [0.1, 0.15) is 23.4 Å². The fourth-order valence-corrected chi connectivity index (χ4v) is 2.48. The van der Waals surface area contributed by atoms with Gasteiger partial charge in [-0.2, -0.15) is 0 Å². The number of ether oxygens (including phenoxy) is 2. The molecule has 2 aromatic rings. The van der Waals surface area contributed by atoms with E-state index in [0.29, 0.717) is 13.2 Å². The summed E-state index contributed by atoms with van der Waals surface area (Å²) in [5.41, 5.74) is 6.94. The highest BCUT2D eigenvalue weighted by Crippen LogP contribution is 2.33. The summed E-state index contributed by atoms with van der Waals surface area (Å²) in [6.45, 7) is 6.32. The van der Waals surface area contributed by atoms with Gasteiger partial charge in [0.25, 0.3) is 0 Å². The standard InChI is InChI=1S/C16H20N2O2/c1-12-7-8-13(2)18(12)17-11-14-5-3-6-15-16(14)20-10-4-9-19-15/h3,5-8,17H,4,9-11H2,1-2H3. The molecule has 0 radical (unpaired) electrons. The molecule has 0 atom stereocenters.